The van der Waals surface area contributed by atoms with E-state index in [9.17, 15) is 4.39 Å². The number of hydrogen-bond donors (Lipinski definition) is 1. The van der Waals surface area contributed by atoms with Crippen LogP contribution in [0.3, 0.4) is 0 Å². The summed E-state index contributed by atoms with van der Waals surface area (Å²) in [5.74, 6) is -0.00400. The minimum absolute atomic E-state index is 0.113. The molecule has 0 radical (unpaired) electrons. The molecule has 0 aliphatic carbocycles. The molecule has 0 atom stereocenters. The van der Waals surface area contributed by atoms with Crippen LogP contribution in [0.4, 0.5) is 10.1 Å². The average Bonchev–Trinajstić information content (AvgIpc) is 2.39. The minimum atomic E-state index is -0.509. The van der Waals surface area contributed by atoms with Gasteiger partial charge < -0.3 is 15.2 Å². The fourth-order valence-electron chi connectivity index (χ4n) is 1.61. The van der Waals surface area contributed by atoms with Gasteiger partial charge in [-0.2, -0.15) is 0 Å². The second kappa shape index (κ2) is 5.93. The molecule has 0 aliphatic rings. The van der Waals surface area contributed by atoms with Crippen LogP contribution in [0.1, 0.15) is 5.56 Å². The zero-order valence-corrected chi connectivity index (χ0v) is 11.9. The Morgan fingerprint density at radius 2 is 1.95 bits per heavy atom. The largest absolute Gasteiger partial charge is 0.494 e. The van der Waals surface area contributed by atoms with Crippen LogP contribution < -0.4 is 15.2 Å². The summed E-state index contributed by atoms with van der Waals surface area (Å²) in [5, 5.41) is 0. The summed E-state index contributed by atoms with van der Waals surface area (Å²) in [5.41, 5.74) is 6.78. The summed E-state index contributed by atoms with van der Waals surface area (Å²) in [4.78, 5) is 0. The predicted molar refractivity (Wildman–Crippen MR) is 75.8 cm³/mol. The van der Waals surface area contributed by atoms with Crippen molar-refractivity contribution in [3.8, 4) is 11.5 Å². The van der Waals surface area contributed by atoms with E-state index in [1.807, 2.05) is 24.3 Å². The first kappa shape index (κ1) is 13.7. The van der Waals surface area contributed by atoms with E-state index in [0.717, 1.165) is 10.0 Å². The van der Waals surface area contributed by atoms with Gasteiger partial charge in [0, 0.05) is 22.2 Å². The molecule has 19 heavy (non-hydrogen) atoms. The van der Waals surface area contributed by atoms with Gasteiger partial charge in [-0.05, 0) is 6.07 Å². The number of halogens is 2. The molecule has 0 heterocycles. The number of hydrogen-bond acceptors (Lipinski definition) is 3. The number of ether oxygens (including phenoxy) is 2. The van der Waals surface area contributed by atoms with Crippen molar-refractivity contribution in [3.63, 3.8) is 0 Å². The number of anilines is 1. The maximum atomic E-state index is 13.7. The van der Waals surface area contributed by atoms with Crippen LogP contribution in [0.2, 0.25) is 0 Å². The van der Waals surface area contributed by atoms with Crippen molar-refractivity contribution in [1.29, 1.82) is 0 Å². The molecule has 0 saturated carbocycles. The molecular formula is C14H13BrFNO2. The Morgan fingerprint density at radius 1 is 1.21 bits per heavy atom. The van der Waals surface area contributed by atoms with Crippen LogP contribution in [-0.2, 0) is 6.61 Å². The Balaban J connectivity index is 2.18. The van der Waals surface area contributed by atoms with Gasteiger partial charge in [-0.1, -0.05) is 34.1 Å². The lowest BCUT2D eigenvalue weighted by Crippen LogP contribution is -2.00. The van der Waals surface area contributed by atoms with Gasteiger partial charge in [0.2, 0.25) is 0 Å². The van der Waals surface area contributed by atoms with Crippen molar-refractivity contribution in [2.24, 2.45) is 0 Å². The van der Waals surface area contributed by atoms with Crippen molar-refractivity contribution < 1.29 is 13.9 Å². The SMILES string of the molecule is COc1cc(OCc2ccccc2Br)c(F)cc1N. The molecule has 0 fully saturated rings. The van der Waals surface area contributed by atoms with E-state index in [4.69, 9.17) is 15.2 Å². The third-order valence-electron chi connectivity index (χ3n) is 2.63. The van der Waals surface area contributed by atoms with Crippen LogP contribution in [-0.4, -0.2) is 7.11 Å². The quantitative estimate of drug-likeness (QED) is 0.870. The molecule has 100 valence electrons. The lowest BCUT2D eigenvalue weighted by molar-refractivity contribution is 0.287. The number of nitrogen functional groups attached to an aromatic ring is 1. The predicted octanol–water partition coefficient (Wildman–Crippen LogP) is 3.76. The van der Waals surface area contributed by atoms with Crippen LogP contribution in [0.15, 0.2) is 40.9 Å². The molecule has 3 nitrogen and oxygen atoms in total. The topological polar surface area (TPSA) is 44.5 Å². The van der Waals surface area contributed by atoms with Crippen LogP contribution in [0.5, 0.6) is 11.5 Å². The first-order chi connectivity index (χ1) is 9.11. The summed E-state index contributed by atoms with van der Waals surface area (Å²) in [7, 11) is 1.47. The Kier molecular flexibility index (Phi) is 4.27. The van der Waals surface area contributed by atoms with E-state index >= 15 is 0 Å². The van der Waals surface area contributed by atoms with Crippen LogP contribution >= 0.6 is 15.9 Å². The number of rotatable bonds is 4. The van der Waals surface area contributed by atoms with Crippen molar-refractivity contribution in [2.75, 3.05) is 12.8 Å². The highest BCUT2D eigenvalue weighted by Gasteiger charge is 2.10. The molecule has 0 bridgehead atoms. The lowest BCUT2D eigenvalue weighted by atomic mass is 10.2. The first-order valence-electron chi connectivity index (χ1n) is 5.61. The van der Waals surface area contributed by atoms with Crippen molar-refractivity contribution in [3.05, 3.63) is 52.3 Å². The van der Waals surface area contributed by atoms with Crippen molar-refractivity contribution in [2.45, 2.75) is 6.61 Å². The van der Waals surface area contributed by atoms with Gasteiger partial charge >= 0.3 is 0 Å². The fourth-order valence-corrected chi connectivity index (χ4v) is 2.01. The van der Waals surface area contributed by atoms with E-state index in [0.29, 0.717) is 5.75 Å². The third-order valence-corrected chi connectivity index (χ3v) is 3.40. The molecule has 2 aromatic rings. The molecular weight excluding hydrogens is 313 g/mol. The Hall–Kier alpha value is -1.75. The number of benzene rings is 2. The lowest BCUT2D eigenvalue weighted by Gasteiger charge is -2.11. The highest BCUT2D eigenvalue weighted by Crippen LogP contribution is 2.30. The smallest absolute Gasteiger partial charge is 0.167 e. The second-order valence-corrected chi connectivity index (χ2v) is 4.76. The molecule has 2 rings (SSSR count). The van der Waals surface area contributed by atoms with Crippen LogP contribution in [0.25, 0.3) is 0 Å². The van der Waals surface area contributed by atoms with E-state index < -0.39 is 5.82 Å². The van der Waals surface area contributed by atoms with Crippen molar-refractivity contribution in [1.82, 2.24) is 0 Å². The summed E-state index contributed by atoms with van der Waals surface area (Å²) < 4.78 is 25.1. The van der Waals surface area contributed by atoms with Gasteiger partial charge in [0.15, 0.2) is 11.6 Å². The van der Waals surface area contributed by atoms with Gasteiger partial charge in [-0.15, -0.1) is 0 Å². The Morgan fingerprint density at radius 3 is 2.63 bits per heavy atom. The Bertz CT molecular complexity index is 590. The van der Waals surface area contributed by atoms with E-state index in [1.165, 1.54) is 19.2 Å². The maximum absolute atomic E-state index is 13.7. The highest BCUT2D eigenvalue weighted by molar-refractivity contribution is 9.10. The molecule has 0 unspecified atom stereocenters. The summed E-state index contributed by atoms with van der Waals surface area (Å²) in [6.45, 7) is 0.255. The fraction of sp³-hybridized carbons (Fsp3) is 0.143. The molecule has 2 N–H and O–H groups in total. The number of methoxy groups -OCH3 is 1. The summed E-state index contributed by atoms with van der Waals surface area (Å²) in [6, 6.07) is 10.2. The second-order valence-electron chi connectivity index (χ2n) is 3.90. The monoisotopic (exact) mass is 325 g/mol. The highest BCUT2D eigenvalue weighted by atomic mass is 79.9. The molecule has 5 heteroatoms. The minimum Gasteiger partial charge on any atom is -0.494 e. The van der Waals surface area contributed by atoms with E-state index in [2.05, 4.69) is 15.9 Å². The van der Waals surface area contributed by atoms with Gasteiger partial charge in [-0.25, -0.2) is 4.39 Å². The standard InChI is InChI=1S/C14H13BrFNO2/c1-18-14-7-13(11(16)6-12(14)17)19-8-9-4-2-3-5-10(9)15/h2-7H,8,17H2,1H3. The zero-order valence-electron chi connectivity index (χ0n) is 10.3. The molecule has 0 amide bonds. The maximum Gasteiger partial charge on any atom is 0.167 e. The molecule has 0 aromatic heterocycles. The molecule has 0 saturated heterocycles. The average molecular weight is 326 g/mol. The molecule has 0 aliphatic heterocycles. The van der Waals surface area contributed by atoms with Crippen molar-refractivity contribution >= 4 is 21.6 Å². The van der Waals surface area contributed by atoms with Gasteiger partial charge in [0.25, 0.3) is 0 Å². The van der Waals surface area contributed by atoms with Gasteiger partial charge in [0.1, 0.15) is 12.4 Å². The first-order valence-corrected chi connectivity index (χ1v) is 6.40. The summed E-state index contributed by atoms with van der Waals surface area (Å²) in [6.07, 6.45) is 0. The third kappa shape index (κ3) is 3.17. The number of nitrogens with two attached hydrogens (primary N) is 1. The van der Waals surface area contributed by atoms with Gasteiger partial charge in [0.05, 0.1) is 12.8 Å². The summed E-state index contributed by atoms with van der Waals surface area (Å²) >= 11 is 3.41. The van der Waals surface area contributed by atoms with Crippen LogP contribution in [0, 0.1) is 5.82 Å². The van der Waals surface area contributed by atoms with E-state index in [1.54, 1.807) is 0 Å². The van der Waals surface area contributed by atoms with E-state index in [-0.39, 0.29) is 18.0 Å². The molecule has 2 aromatic carbocycles. The van der Waals surface area contributed by atoms with Gasteiger partial charge in [-0.3, -0.25) is 0 Å². The molecule has 0 spiro atoms. The zero-order chi connectivity index (χ0) is 13.8. The Labute approximate surface area is 119 Å². The normalized spacial score (nSPS) is 10.3.